The molecule has 3 heteroatoms. The van der Waals surface area contributed by atoms with Gasteiger partial charge in [0.15, 0.2) is 0 Å². The van der Waals surface area contributed by atoms with E-state index in [4.69, 9.17) is 4.42 Å². The largest absolute Gasteiger partial charge is 0.456 e. The van der Waals surface area contributed by atoms with Gasteiger partial charge in [-0.1, -0.05) is 133 Å². The first kappa shape index (κ1) is 31.7. The second-order valence-corrected chi connectivity index (χ2v) is 14.9. The van der Waals surface area contributed by atoms with Crippen molar-refractivity contribution in [2.45, 2.75) is 0 Å². The first-order chi connectivity index (χ1) is 28.2. The molecule has 9 aromatic carbocycles. The lowest BCUT2D eigenvalue weighted by Gasteiger charge is -2.14. The van der Waals surface area contributed by atoms with Gasteiger partial charge in [0.25, 0.3) is 0 Å². The molecule has 0 atom stereocenters. The van der Waals surface area contributed by atoms with E-state index in [1.807, 2.05) is 12.1 Å². The second kappa shape index (κ2) is 12.5. The Morgan fingerprint density at radius 1 is 0.246 bits per heavy atom. The summed E-state index contributed by atoms with van der Waals surface area (Å²) >= 11 is 0. The minimum Gasteiger partial charge on any atom is -0.456 e. The Kier molecular flexibility index (Phi) is 6.93. The zero-order chi connectivity index (χ0) is 37.5. The van der Waals surface area contributed by atoms with E-state index in [0.29, 0.717) is 0 Å². The molecule has 0 saturated carbocycles. The van der Waals surface area contributed by atoms with Crippen LogP contribution < -0.4 is 0 Å². The summed E-state index contributed by atoms with van der Waals surface area (Å²) in [5, 5.41) is 7.19. The van der Waals surface area contributed by atoms with E-state index in [9.17, 15) is 0 Å². The first-order valence-corrected chi connectivity index (χ1v) is 19.5. The fraction of sp³-hybridized carbons (Fsp3) is 0. The minimum absolute atomic E-state index is 0.900. The average Bonchev–Trinajstić information content (AvgIpc) is 3.94. The number of hydrogen-bond acceptors (Lipinski definition) is 1. The van der Waals surface area contributed by atoms with Crippen LogP contribution in [0.3, 0.4) is 0 Å². The molecule has 0 unspecified atom stereocenters. The van der Waals surface area contributed by atoms with E-state index >= 15 is 0 Å². The number of para-hydroxylation sites is 3. The Balaban J connectivity index is 1.05. The van der Waals surface area contributed by atoms with Crippen LogP contribution in [0.4, 0.5) is 0 Å². The number of benzene rings is 9. The van der Waals surface area contributed by atoms with E-state index in [0.717, 1.165) is 33.3 Å². The number of nitrogens with zero attached hydrogens (tertiary/aromatic N) is 2. The van der Waals surface area contributed by atoms with Crippen LogP contribution in [-0.2, 0) is 0 Å². The highest BCUT2D eigenvalue weighted by Crippen LogP contribution is 2.40. The predicted molar refractivity (Wildman–Crippen MR) is 239 cm³/mol. The molecule has 0 bridgehead atoms. The highest BCUT2D eigenvalue weighted by atomic mass is 16.3. The Labute approximate surface area is 328 Å². The molecule has 0 aliphatic rings. The summed E-state index contributed by atoms with van der Waals surface area (Å²) in [4.78, 5) is 0. The third kappa shape index (κ3) is 4.99. The molecule has 0 amide bonds. The van der Waals surface area contributed by atoms with Crippen molar-refractivity contribution in [3.05, 3.63) is 206 Å². The van der Waals surface area contributed by atoms with Gasteiger partial charge in [-0.3, -0.25) is 0 Å². The highest BCUT2D eigenvalue weighted by Gasteiger charge is 2.18. The van der Waals surface area contributed by atoms with Gasteiger partial charge in [-0.25, -0.2) is 0 Å². The van der Waals surface area contributed by atoms with E-state index in [-0.39, 0.29) is 0 Å². The van der Waals surface area contributed by atoms with Crippen molar-refractivity contribution in [3.8, 4) is 44.8 Å². The van der Waals surface area contributed by atoms with Crippen molar-refractivity contribution >= 4 is 65.6 Å². The fourth-order valence-corrected chi connectivity index (χ4v) is 9.05. The number of hydrogen-bond donors (Lipinski definition) is 0. The lowest BCUT2D eigenvalue weighted by molar-refractivity contribution is 0.669. The summed E-state index contributed by atoms with van der Waals surface area (Å²) in [6, 6.07) is 74.7. The van der Waals surface area contributed by atoms with Gasteiger partial charge in [0, 0.05) is 43.7 Å². The summed E-state index contributed by atoms with van der Waals surface area (Å²) in [5.74, 6) is 0. The fourth-order valence-electron chi connectivity index (χ4n) is 9.05. The smallest absolute Gasteiger partial charge is 0.135 e. The average molecular weight is 727 g/mol. The van der Waals surface area contributed by atoms with Crippen molar-refractivity contribution in [1.82, 2.24) is 9.13 Å². The van der Waals surface area contributed by atoms with Crippen LogP contribution in [-0.4, -0.2) is 9.13 Å². The quantitative estimate of drug-likeness (QED) is 0.173. The van der Waals surface area contributed by atoms with E-state index < -0.39 is 0 Å². The molecule has 3 nitrogen and oxygen atoms in total. The Morgan fingerprint density at radius 2 is 0.772 bits per heavy atom. The van der Waals surface area contributed by atoms with Crippen molar-refractivity contribution in [2.75, 3.05) is 0 Å². The zero-order valence-electron chi connectivity index (χ0n) is 30.9. The lowest BCUT2D eigenvalue weighted by atomic mass is 9.98. The maximum atomic E-state index is 6.21. The molecule has 12 aromatic rings. The van der Waals surface area contributed by atoms with Crippen LogP contribution >= 0.6 is 0 Å². The Hall–Kier alpha value is -7.62. The Bertz CT molecular complexity index is 3450. The van der Waals surface area contributed by atoms with Crippen LogP contribution in [0.25, 0.3) is 110 Å². The van der Waals surface area contributed by atoms with Gasteiger partial charge in [0.05, 0.1) is 22.1 Å². The first-order valence-electron chi connectivity index (χ1n) is 19.5. The zero-order valence-corrected chi connectivity index (χ0v) is 30.9. The van der Waals surface area contributed by atoms with Gasteiger partial charge in [-0.15, -0.1) is 0 Å². The van der Waals surface area contributed by atoms with Gasteiger partial charge < -0.3 is 13.6 Å². The Morgan fingerprint density at radius 3 is 1.49 bits per heavy atom. The molecular formula is C54H34N2O. The number of rotatable bonds is 5. The van der Waals surface area contributed by atoms with Crippen molar-refractivity contribution in [2.24, 2.45) is 0 Å². The predicted octanol–water partition coefficient (Wildman–Crippen LogP) is 14.8. The topological polar surface area (TPSA) is 23.0 Å². The van der Waals surface area contributed by atoms with Crippen LogP contribution in [0.2, 0.25) is 0 Å². The monoisotopic (exact) mass is 726 g/mol. The van der Waals surface area contributed by atoms with Crippen LogP contribution in [0.15, 0.2) is 211 Å². The molecule has 0 aliphatic heterocycles. The van der Waals surface area contributed by atoms with Gasteiger partial charge in [0.2, 0.25) is 0 Å². The maximum Gasteiger partial charge on any atom is 0.135 e. The van der Waals surface area contributed by atoms with Crippen molar-refractivity contribution < 1.29 is 4.42 Å². The number of aromatic nitrogens is 2. The highest BCUT2D eigenvalue weighted by molar-refractivity contribution is 6.13. The molecule has 3 aromatic heterocycles. The van der Waals surface area contributed by atoms with Gasteiger partial charge in [-0.05, 0) is 106 Å². The van der Waals surface area contributed by atoms with Gasteiger partial charge >= 0.3 is 0 Å². The molecule has 0 fully saturated rings. The summed E-state index contributed by atoms with van der Waals surface area (Å²) in [6.45, 7) is 0. The number of furan rings is 1. The number of fused-ring (bicyclic) bond motifs is 9. The SMILES string of the molecule is c1ccc(-c2cc(-c3ccccc3)cc(-n3c4ccccc4c4cc(-c5ccc6c7ccccc7n(-c7ccc8oc9ccccc9c8c7)c6c5)ccc43)c2)cc1. The molecule has 0 radical (unpaired) electrons. The molecule has 0 spiro atoms. The standard InChI is InChI=1S/C54H34N2O/c1-3-13-35(14-4-1)39-29-40(36-15-5-2-6-16-36)31-42(30-39)56-50-21-11-8-18-44(50)47-32-37(24-27-51(47)56)38-23-26-45-43-17-7-10-20-49(43)55(52(45)33-38)41-25-28-54-48(34-41)46-19-9-12-22-53(46)57-54/h1-34H. The molecule has 12 rings (SSSR count). The second-order valence-electron chi connectivity index (χ2n) is 14.9. The molecule has 266 valence electrons. The van der Waals surface area contributed by atoms with E-state index in [2.05, 4.69) is 203 Å². The molecule has 0 N–H and O–H groups in total. The molecule has 0 saturated heterocycles. The summed E-state index contributed by atoms with van der Waals surface area (Å²) < 4.78 is 11.1. The molecular weight excluding hydrogens is 693 g/mol. The summed E-state index contributed by atoms with van der Waals surface area (Å²) in [5.41, 5.74) is 15.9. The van der Waals surface area contributed by atoms with E-state index in [1.54, 1.807) is 0 Å². The summed E-state index contributed by atoms with van der Waals surface area (Å²) in [7, 11) is 0. The maximum absolute atomic E-state index is 6.21. The van der Waals surface area contributed by atoms with Crippen molar-refractivity contribution in [1.29, 1.82) is 0 Å². The minimum atomic E-state index is 0.900. The van der Waals surface area contributed by atoms with Crippen LogP contribution in [0.1, 0.15) is 0 Å². The molecule has 3 heterocycles. The normalized spacial score (nSPS) is 11.9. The third-order valence-electron chi connectivity index (χ3n) is 11.7. The van der Waals surface area contributed by atoms with E-state index in [1.165, 1.54) is 77.0 Å². The third-order valence-corrected chi connectivity index (χ3v) is 11.7. The molecule has 57 heavy (non-hydrogen) atoms. The lowest BCUT2D eigenvalue weighted by Crippen LogP contribution is -1.96. The molecule has 0 aliphatic carbocycles. The van der Waals surface area contributed by atoms with Gasteiger partial charge in [0.1, 0.15) is 11.2 Å². The van der Waals surface area contributed by atoms with Crippen LogP contribution in [0, 0.1) is 0 Å². The van der Waals surface area contributed by atoms with Crippen LogP contribution in [0.5, 0.6) is 0 Å². The summed E-state index contributed by atoms with van der Waals surface area (Å²) in [6.07, 6.45) is 0. The van der Waals surface area contributed by atoms with Gasteiger partial charge in [-0.2, -0.15) is 0 Å². The van der Waals surface area contributed by atoms with Crippen molar-refractivity contribution in [3.63, 3.8) is 0 Å².